The van der Waals surface area contributed by atoms with Gasteiger partial charge in [-0.3, -0.25) is 0 Å². The molecule has 0 aromatic carbocycles. The van der Waals surface area contributed by atoms with Crippen LogP contribution >= 0.6 is 15.9 Å². The molecule has 0 aliphatic rings. The van der Waals surface area contributed by atoms with E-state index in [0.717, 1.165) is 11.9 Å². The first-order chi connectivity index (χ1) is 8.35. The molecular weight excluding hydrogens is 435 g/mol. The van der Waals surface area contributed by atoms with E-state index in [0.29, 0.717) is 0 Å². The molecule has 7 heteroatoms. The van der Waals surface area contributed by atoms with Crippen molar-refractivity contribution < 1.29 is 40.1 Å². The van der Waals surface area contributed by atoms with Crippen molar-refractivity contribution in [2.75, 3.05) is 5.33 Å². The summed E-state index contributed by atoms with van der Waals surface area (Å²) in [5, 5.41) is 1.06. The zero-order valence-corrected chi connectivity index (χ0v) is 16.6. The molecule has 4 nitrogen and oxygen atoms in total. The normalized spacial score (nSPS) is 6.62. The minimum absolute atomic E-state index is 0. The first-order valence-corrected chi connectivity index (χ1v) is 6.52. The largest absolute Gasteiger partial charge is 1.00 e. The molecule has 0 saturated carbocycles. The summed E-state index contributed by atoms with van der Waals surface area (Å²) >= 11 is 3.15. The quantitative estimate of drug-likeness (QED) is 0.351. The van der Waals surface area contributed by atoms with Gasteiger partial charge in [-0.1, -0.05) is 35.3 Å². The molecule has 2 heterocycles. The molecule has 0 aliphatic carbocycles. The van der Waals surface area contributed by atoms with Gasteiger partial charge in [0.15, 0.2) is 0 Å². The van der Waals surface area contributed by atoms with E-state index in [4.69, 9.17) is 0 Å². The molecule has 0 fully saturated rings. The first-order valence-electron chi connectivity index (χ1n) is 5.40. The minimum atomic E-state index is 0. The second kappa shape index (κ2) is 28.0. The molecule has 0 amide bonds. The van der Waals surface area contributed by atoms with E-state index in [1.165, 1.54) is 6.33 Å². The number of rotatable bonds is 1. The summed E-state index contributed by atoms with van der Waals surface area (Å²) in [5.41, 5.74) is 0. The Balaban J connectivity index is -0.0000000601. The fourth-order valence-electron chi connectivity index (χ4n) is 0.802. The summed E-state index contributed by atoms with van der Waals surface area (Å²) in [7, 11) is 0. The average Bonchev–Trinajstić information content (AvgIpc) is 2.43. The summed E-state index contributed by atoms with van der Waals surface area (Å²) < 4.78 is 2.01. The van der Waals surface area contributed by atoms with Crippen molar-refractivity contribution in [3.63, 3.8) is 0 Å². The maximum atomic E-state index is 3.92. The molecule has 0 saturated heterocycles. The van der Waals surface area contributed by atoms with E-state index in [1.54, 1.807) is 31.0 Å². The first kappa shape index (κ1) is 32.6. The van der Waals surface area contributed by atoms with Crippen molar-refractivity contribution in [2.45, 2.75) is 27.8 Å². The Morgan fingerprint density at radius 3 is 1.67 bits per heavy atom. The second-order valence-corrected chi connectivity index (χ2v) is 3.88. The molecule has 121 valence electrons. The number of nitrogens with zero attached hydrogens (tertiary/aromatic N) is 4. The van der Waals surface area contributed by atoms with Crippen LogP contribution in [0.25, 0.3) is 0 Å². The molecule has 0 aliphatic heterocycles. The van der Waals surface area contributed by atoms with Gasteiger partial charge >= 0.3 is 0 Å². The Kier molecular flexibility index (Phi) is 43.4. The zero-order valence-electron chi connectivity index (χ0n) is 12.0. The van der Waals surface area contributed by atoms with Crippen LogP contribution in [0.2, 0.25) is 0 Å². The predicted molar refractivity (Wildman–Crippen MR) is 84.8 cm³/mol. The van der Waals surface area contributed by atoms with Crippen LogP contribution in [0.3, 0.4) is 0 Å². The number of aryl methyl sites for hydroxylation is 1. The molecule has 0 unspecified atom stereocenters. The van der Waals surface area contributed by atoms with Crippen molar-refractivity contribution in [2.24, 2.45) is 0 Å². The zero-order chi connectivity index (χ0) is 12.8. The van der Waals surface area contributed by atoms with Gasteiger partial charge in [-0.25, -0.2) is 14.5 Å². The van der Waals surface area contributed by atoms with Crippen molar-refractivity contribution in [3.05, 3.63) is 57.0 Å². The number of alkyl halides is 1. The van der Waals surface area contributed by atoms with Gasteiger partial charge in [0.05, 0.1) is 12.7 Å². The summed E-state index contributed by atoms with van der Waals surface area (Å²) in [6.07, 6.45) is 10.4. The SMILES string of the molecule is C.CCBr.CC[n+]1cccnc1.[Br-].[CH3-].[V].c1cncnc1. The van der Waals surface area contributed by atoms with Gasteiger partial charge in [0, 0.05) is 42.3 Å². The fourth-order valence-corrected chi connectivity index (χ4v) is 0.802. The maximum Gasteiger partial charge on any atom is 0.286 e. The topological polar surface area (TPSA) is 42.5 Å². The summed E-state index contributed by atoms with van der Waals surface area (Å²) in [4.78, 5) is 11.3. The smallest absolute Gasteiger partial charge is 0.286 e. The van der Waals surface area contributed by atoms with Crippen LogP contribution in [0, 0.1) is 7.43 Å². The monoisotopic (exact) mass is 458 g/mol. The van der Waals surface area contributed by atoms with Crippen LogP contribution in [0.1, 0.15) is 21.3 Å². The van der Waals surface area contributed by atoms with E-state index >= 15 is 0 Å². The summed E-state index contributed by atoms with van der Waals surface area (Å²) in [6, 6.07) is 3.70. The molecule has 0 N–H and O–H groups in total. The van der Waals surface area contributed by atoms with Gasteiger partial charge in [-0.15, -0.1) is 0 Å². The molecular formula is C14H25Br2N4V-. The van der Waals surface area contributed by atoms with Gasteiger partial charge in [0.2, 0.25) is 0 Å². The third-order valence-electron chi connectivity index (χ3n) is 1.51. The minimum Gasteiger partial charge on any atom is -1.00 e. The van der Waals surface area contributed by atoms with Gasteiger partial charge in [-0.2, -0.15) is 0 Å². The maximum absolute atomic E-state index is 3.92. The number of aromatic nitrogens is 4. The summed E-state index contributed by atoms with van der Waals surface area (Å²) in [6.45, 7) is 5.12. The predicted octanol–water partition coefficient (Wildman–Crippen LogP) is 0.355. The Labute approximate surface area is 160 Å². The molecule has 0 atom stereocenters. The van der Waals surface area contributed by atoms with Crippen LogP contribution < -0.4 is 21.5 Å². The van der Waals surface area contributed by atoms with Crippen molar-refractivity contribution in [3.8, 4) is 0 Å². The molecule has 0 spiro atoms. The second-order valence-electron chi connectivity index (χ2n) is 2.76. The average molecular weight is 460 g/mol. The van der Waals surface area contributed by atoms with Crippen LogP contribution in [-0.2, 0) is 25.1 Å². The van der Waals surface area contributed by atoms with Crippen molar-refractivity contribution >= 4 is 15.9 Å². The Morgan fingerprint density at radius 2 is 1.48 bits per heavy atom. The number of halogens is 2. The Morgan fingerprint density at radius 1 is 1.00 bits per heavy atom. The van der Waals surface area contributed by atoms with Gasteiger partial charge in [-0.05, 0) is 13.0 Å². The fraction of sp³-hybridized carbons (Fsp3) is 0.357. The van der Waals surface area contributed by atoms with Crippen molar-refractivity contribution in [1.29, 1.82) is 0 Å². The van der Waals surface area contributed by atoms with Gasteiger partial charge in [0.1, 0.15) is 12.5 Å². The summed E-state index contributed by atoms with van der Waals surface area (Å²) in [5.74, 6) is 0. The van der Waals surface area contributed by atoms with Crippen molar-refractivity contribution in [1.82, 2.24) is 15.0 Å². The van der Waals surface area contributed by atoms with Crippen LogP contribution in [-0.4, -0.2) is 20.3 Å². The molecule has 2 aromatic heterocycles. The van der Waals surface area contributed by atoms with Crippen LogP contribution in [0.15, 0.2) is 49.6 Å². The number of hydrogen-bond donors (Lipinski definition) is 0. The standard InChI is InChI=1S/C6H9N2.C4H4N2.C2H5Br.CH4.CH3.BrH.V/c1-2-8-5-3-4-7-6-8;1-2-5-4-6-3-1;1-2-3;;;;/h3-6H,2H2,1H3;1-4H;2H2,1H3;1H4;1H3;1H;/q+1;;;;-1;;/p-1. The van der Waals surface area contributed by atoms with E-state index in [9.17, 15) is 0 Å². The van der Waals surface area contributed by atoms with Gasteiger partial charge in [0.25, 0.3) is 6.33 Å². The molecule has 2 aromatic rings. The third kappa shape index (κ3) is 25.0. The van der Waals surface area contributed by atoms with Crippen LogP contribution in [0.4, 0.5) is 0 Å². The molecule has 2 rings (SSSR count). The number of hydrogen-bond acceptors (Lipinski definition) is 3. The Hall–Kier alpha value is -0.296. The molecule has 1 radical (unpaired) electrons. The van der Waals surface area contributed by atoms with E-state index in [2.05, 4.69) is 37.8 Å². The Bertz CT molecular complexity index is 326. The third-order valence-corrected chi connectivity index (χ3v) is 1.51. The van der Waals surface area contributed by atoms with E-state index < -0.39 is 0 Å². The van der Waals surface area contributed by atoms with E-state index in [-0.39, 0.29) is 50.4 Å². The molecule has 0 bridgehead atoms. The van der Waals surface area contributed by atoms with Gasteiger partial charge < -0.3 is 24.4 Å². The van der Waals surface area contributed by atoms with Crippen LogP contribution in [0.5, 0.6) is 0 Å². The molecule has 21 heavy (non-hydrogen) atoms. The van der Waals surface area contributed by atoms with E-state index in [1.807, 2.05) is 23.8 Å².